The van der Waals surface area contributed by atoms with Gasteiger partial charge in [-0.3, -0.25) is 5.41 Å². The average Bonchev–Trinajstić information content (AvgIpc) is 2.35. The van der Waals surface area contributed by atoms with Crippen LogP contribution in [0.3, 0.4) is 0 Å². The Morgan fingerprint density at radius 2 is 2.09 bits per heavy atom. The van der Waals surface area contributed by atoms with E-state index in [9.17, 15) is 0 Å². The predicted octanol–water partition coefficient (Wildman–Crippen LogP) is 0.797. The van der Waals surface area contributed by atoms with E-state index in [0.717, 1.165) is 6.42 Å². The summed E-state index contributed by atoms with van der Waals surface area (Å²) in [6.07, 6.45) is 3.34. The molecule has 1 heterocycles. The van der Waals surface area contributed by atoms with Gasteiger partial charge in [-0.05, 0) is 32.9 Å². The largest absolute Gasteiger partial charge is 0.388 e. The molecule has 3 N–H and O–H groups in total. The summed E-state index contributed by atoms with van der Waals surface area (Å²) in [5.41, 5.74) is 5.32. The van der Waals surface area contributed by atoms with Crippen LogP contribution in [0.25, 0.3) is 0 Å². The third-order valence-corrected chi connectivity index (χ3v) is 2.28. The van der Waals surface area contributed by atoms with E-state index >= 15 is 0 Å². The molecular formula is C8H17N3. The topological polar surface area (TPSA) is 53.1 Å². The number of rotatable bonds is 3. The fourth-order valence-corrected chi connectivity index (χ4v) is 1.63. The van der Waals surface area contributed by atoms with Gasteiger partial charge >= 0.3 is 0 Å². The molecule has 0 amide bonds. The molecule has 3 heteroatoms. The van der Waals surface area contributed by atoms with Crippen molar-refractivity contribution in [2.45, 2.75) is 32.2 Å². The minimum Gasteiger partial charge on any atom is -0.388 e. The Balaban J connectivity index is 2.28. The van der Waals surface area contributed by atoms with Crippen molar-refractivity contribution in [3.8, 4) is 0 Å². The van der Waals surface area contributed by atoms with Gasteiger partial charge in [-0.25, -0.2) is 0 Å². The normalized spacial score (nSPS) is 21.9. The Kier molecular flexibility index (Phi) is 2.88. The van der Waals surface area contributed by atoms with Crippen molar-refractivity contribution in [3.63, 3.8) is 0 Å². The molecule has 3 nitrogen and oxygen atoms in total. The Morgan fingerprint density at radius 3 is 2.55 bits per heavy atom. The molecule has 0 aliphatic carbocycles. The molecule has 0 aromatic rings. The lowest BCUT2D eigenvalue weighted by Gasteiger charge is -2.22. The maximum atomic E-state index is 7.14. The average molecular weight is 155 g/mol. The van der Waals surface area contributed by atoms with Gasteiger partial charge in [0.15, 0.2) is 0 Å². The summed E-state index contributed by atoms with van der Waals surface area (Å²) >= 11 is 0. The minimum absolute atomic E-state index is 0.310. The molecule has 1 atom stereocenters. The van der Waals surface area contributed by atoms with Crippen molar-refractivity contribution < 1.29 is 0 Å². The molecule has 1 aliphatic rings. The van der Waals surface area contributed by atoms with Gasteiger partial charge in [-0.15, -0.1) is 0 Å². The van der Waals surface area contributed by atoms with Crippen LogP contribution in [0.5, 0.6) is 0 Å². The van der Waals surface area contributed by atoms with Crippen molar-refractivity contribution in [1.82, 2.24) is 4.90 Å². The minimum atomic E-state index is 0.310. The highest BCUT2D eigenvalue weighted by atomic mass is 15.2. The SMILES string of the molecule is CC(CC(=N)N)N1CCCC1. The first-order valence-corrected chi connectivity index (χ1v) is 4.27. The number of hydrogen-bond donors (Lipinski definition) is 2. The molecule has 0 radical (unpaired) electrons. The Bertz CT molecular complexity index is 138. The predicted molar refractivity (Wildman–Crippen MR) is 46.8 cm³/mol. The van der Waals surface area contributed by atoms with Crippen molar-refractivity contribution in [2.24, 2.45) is 5.73 Å². The summed E-state index contributed by atoms with van der Waals surface area (Å²) in [7, 11) is 0. The van der Waals surface area contributed by atoms with E-state index in [1.807, 2.05) is 0 Å². The molecule has 0 saturated carbocycles. The van der Waals surface area contributed by atoms with Crippen molar-refractivity contribution >= 4 is 5.84 Å². The summed E-state index contributed by atoms with van der Waals surface area (Å²) in [6.45, 7) is 4.52. The summed E-state index contributed by atoms with van der Waals surface area (Å²) in [5.74, 6) is 0.310. The Labute approximate surface area is 68.1 Å². The molecule has 0 bridgehead atoms. The smallest absolute Gasteiger partial charge is 0.0920 e. The van der Waals surface area contributed by atoms with Crippen molar-refractivity contribution in [2.75, 3.05) is 13.1 Å². The van der Waals surface area contributed by atoms with Gasteiger partial charge in [0.05, 0.1) is 5.84 Å². The van der Waals surface area contributed by atoms with Crippen LogP contribution < -0.4 is 5.73 Å². The van der Waals surface area contributed by atoms with Crippen LogP contribution in [-0.2, 0) is 0 Å². The first-order chi connectivity index (χ1) is 5.20. The molecule has 1 rings (SSSR count). The lowest BCUT2D eigenvalue weighted by atomic mass is 10.2. The number of hydrogen-bond acceptors (Lipinski definition) is 2. The zero-order valence-corrected chi connectivity index (χ0v) is 7.14. The van der Waals surface area contributed by atoms with Crippen molar-refractivity contribution in [1.29, 1.82) is 5.41 Å². The van der Waals surface area contributed by atoms with Crippen molar-refractivity contribution in [3.05, 3.63) is 0 Å². The Morgan fingerprint density at radius 1 is 1.55 bits per heavy atom. The quantitative estimate of drug-likeness (QED) is 0.468. The van der Waals surface area contributed by atoms with Crippen LogP contribution >= 0.6 is 0 Å². The first kappa shape index (κ1) is 8.53. The highest BCUT2D eigenvalue weighted by molar-refractivity contribution is 5.77. The van der Waals surface area contributed by atoms with E-state index in [1.165, 1.54) is 25.9 Å². The molecule has 0 aromatic carbocycles. The van der Waals surface area contributed by atoms with E-state index < -0.39 is 0 Å². The van der Waals surface area contributed by atoms with Gasteiger partial charge in [0, 0.05) is 12.5 Å². The monoisotopic (exact) mass is 155 g/mol. The summed E-state index contributed by atoms with van der Waals surface area (Å²) in [6, 6.07) is 0.468. The molecule has 0 aromatic heterocycles. The second-order valence-electron chi connectivity index (χ2n) is 3.32. The second-order valence-corrected chi connectivity index (χ2v) is 3.32. The first-order valence-electron chi connectivity index (χ1n) is 4.27. The summed E-state index contributed by atoms with van der Waals surface area (Å²) < 4.78 is 0. The van der Waals surface area contributed by atoms with E-state index in [-0.39, 0.29) is 0 Å². The summed E-state index contributed by atoms with van der Waals surface area (Å²) in [4.78, 5) is 2.40. The van der Waals surface area contributed by atoms with Gasteiger partial charge in [0.2, 0.25) is 0 Å². The summed E-state index contributed by atoms with van der Waals surface area (Å²) in [5, 5.41) is 7.14. The van der Waals surface area contributed by atoms with E-state index in [0.29, 0.717) is 11.9 Å². The van der Waals surface area contributed by atoms with Crippen LogP contribution in [0.1, 0.15) is 26.2 Å². The number of amidine groups is 1. The van der Waals surface area contributed by atoms with Gasteiger partial charge in [0.25, 0.3) is 0 Å². The Hall–Kier alpha value is -0.570. The lowest BCUT2D eigenvalue weighted by molar-refractivity contribution is 0.264. The fourth-order valence-electron chi connectivity index (χ4n) is 1.63. The van der Waals surface area contributed by atoms with Gasteiger partial charge in [-0.2, -0.15) is 0 Å². The molecule has 64 valence electrons. The molecule has 0 spiro atoms. The van der Waals surface area contributed by atoms with E-state index in [1.54, 1.807) is 0 Å². The molecular weight excluding hydrogens is 138 g/mol. The van der Waals surface area contributed by atoms with Gasteiger partial charge < -0.3 is 10.6 Å². The number of nitrogens with one attached hydrogen (secondary N) is 1. The molecule has 11 heavy (non-hydrogen) atoms. The number of likely N-dealkylation sites (tertiary alicyclic amines) is 1. The highest BCUT2D eigenvalue weighted by Gasteiger charge is 2.17. The molecule has 1 saturated heterocycles. The fraction of sp³-hybridized carbons (Fsp3) is 0.875. The maximum absolute atomic E-state index is 7.14. The van der Waals surface area contributed by atoms with Crippen LogP contribution in [0.4, 0.5) is 0 Å². The molecule has 1 unspecified atom stereocenters. The van der Waals surface area contributed by atoms with Crippen LogP contribution in [0.2, 0.25) is 0 Å². The number of nitrogens with zero attached hydrogens (tertiary/aromatic N) is 1. The van der Waals surface area contributed by atoms with E-state index in [2.05, 4.69) is 11.8 Å². The second kappa shape index (κ2) is 3.72. The highest BCUT2D eigenvalue weighted by Crippen LogP contribution is 2.12. The van der Waals surface area contributed by atoms with Gasteiger partial charge in [-0.1, -0.05) is 0 Å². The third kappa shape index (κ3) is 2.50. The number of nitrogens with two attached hydrogens (primary N) is 1. The van der Waals surface area contributed by atoms with E-state index in [4.69, 9.17) is 11.1 Å². The third-order valence-electron chi connectivity index (χ3n) is 2.28. The molecule has 1 fully saturated rings. The zero-order valence-electron chi connectivity index (χ0n) is 7.14. The van der Waals surface area contributed by atoms with Crippen LogP contribution in [-0.4, -0.2) is 29.9 Å². The molecule has 1 aliphatic heterocycles. The van der Waals surface area contributed by atoms with Crippen LogP contribution in [0.15, 0.2) is 0 Å². The zero-order chi connectivity index (χ0) is 8.27. The standard InChI is InChI=1S/C8H17N3/c1-7(6-8(9)10)11-4-2-3-5-11/h7H,2-6H2,1H3,(H3,9,10). The lowest BCUT2D eigenvalue weighted by Crippen LogP contribution is -2.33. The maximum Gasteiger partial charge on any atom is 0.0920 e. The van der Waals surface area contributed by atoms with Gasteiger partial charge in [0.1, 0.15) is 0 Å². The van der Waals surface area contributed by atoms with Crippen LogP contribution in [0, 0.1) is 5.41 Å².